The number of rotatable bonds is 6. The number of benzene rings is 2. The van der Waals surface area contributed by atoms with Crippen LogP contribution in [0.4, 0.5) is 14.9 Å². The molecule has 0 unspecified atom stereocenters. The molecule has 202 valence electrons. The Morgan fingerprint density at radius 2 is 1.95 bits per heavy atom. The summed E-state index contributed by atoms with van der Waals surface area (Å²) >= 11 is 0. The molecule has 0 bridgehead atoms. The molecule has 3 amide bonds. The lowest BCUT2D eigenvalue weighted by molar-refractivity contribution is 0.0356. The first-order valence-corrected chi connectivity index (χ1v) is 12.6. The van der Waals surface area contributed by atoms with Crippen molar-refractivity contribution >= 4 is 17.6 Å². The van der Waals surface area contributed by atoms with Crippen molar-refractivity contribution in [1.29, 1.82) is 5.26 Å². The highest BCUT2D eigenvalue weighted by atomic mass is 19.1. The average Bonchev–Trinajstić information content (AvgIpc) is 2.95. The number of urea groups is 1. The molecule has 3 aromatic rings. The summed E-state index contributed by atoms with van der Waals surface area (Å²) in [5, 5.41) is 21.7. The molecule has 0 fully saturated rings. The zero-order chi connectivity index (χ0) is 28.1. The van der Waals surface area contributed by atoms with Gasteiger partial charge in [-0.05, 0) is 55.0 Å². The molecule has 2 heterocycles. The van der Waals surface area contributed by atoms with Gasteiger partial charge in [-0.2, -0.15) is 5.26 Å². The van der Waals surface area contributed by atoms with Crippen molar-refractivity contribution in [2.45, 2.75) is 26.0 Å². The van der Waals surface area contributed by atoms with Gasteiger partial charge in [-0.15, -0.1) is 0 Å². The number of likely N-dealkylation sites (N-methyl/N-ethyl adjacent to an activating group) is 1. The number of nitriles is 1. The van der Waals surface area contributed by atoms with Crippen LogP contribution in [0.5, 0.6) is 5.88 Å². The Labute approximate surface area is 226 Å². The van der Waals surface area contributed by atoms with Crippen LogP contribution >= 0.6 is 0 Å². The van der Waals surface area contributed by atoms with E-state index >= 15 is 0 Å². The lowest BCUT2D eigenvalue weighted by Gasteiger charge is -2.37. The molecule has 1 aromatic heterocycles. The van der Waals surface area contributed by atoms with E-state index in [0.29, 0.717) is 23.4 Å². The summed E-state index contributed by atoms with van der Waals surface area (Å²) in [6.07, 6.45) is 1.07. The molecule has 0 radical (unpaired) electrons. The molecule has 1 aliphatic rings. The molecular formula is C29H30FN5O4. The monoisotopic (exact) mass is 531 g/mol. The lowest BCUT2D eigenvalue weighted by Crippen LogP contribution is -2.50. The third-order valence-electron chi connectivity index (χ3n) is 6.76. The topological polar surface area (TPSA) is 119 Å². The molecule has 39 heavy (non-hydrogen) atoms. The molecule has 10 heteroatoms. The van der Waals surface area contributed by atoms with Crippen LogP contribution in [0.2, 0.25) is 0 Å². The summed E-state index contributed by atoms with van der Waals surface area (Å²) in [5.74, 6) is -0.793. The van der Waals surface area contributed by atoms with Crippen molar-refractivity contribution in [2.75, 3.05) is 32.1 Å². The Bertz CT molecular complexity index is 1370. The van der Waals surface area contributed by atoms with E-state index in [-0.39, 0.29) is 36.4 Å². The summed E-state index contributed by atoms with van der Waals surface area (Å²) < 4.78 is 19.5. The number of carbonyl (C=O) groups is 2. The minimum absolute atomic E-state index is 0.136. The Balaban J connectivity index is 1.62. The third-order valence-corrected chi connectivity index (χ3v) is 6.76. The molecule has 0 spiro atoms. The number of nitrogens with one attached hydrogen (secondary N) is 1. The molecule has 2 N–H and O–H groups in total. The number of hydrogen-bond donors (Lipinski definition) is 2. The van der Waals surface area contributed by atoms with Gasteiger partial charge in [-0.25, -0.2) is 14.2 Å². The largest absolute Gasteiger partial charge is 0.472 e. The van der Waals surface area contributed by atoms with Gasteiger partial charge < -0.3 is 25.0 Å². The van der Waals surface area contributed by atoms with Crippen molar-refractivity contribution in [3.05, 3.63) is 77.7 Å². The van der Waals surface area contributed by atoms with E-state index in [0.717, 1.165) is 5.56 Å². The SMILES string of the molecule is C[C@@H]1CN([C@@H](C)CO)C(=O)c2cc(-c3ccc(C#N)cc3)cnc2O[C@H]1CN(C)C(=O)Nc1ccc(F)cc1. The number of aromatic nitrogens is 1. The Morgan fingerprint density at radius 3 is 2.59 bits per heavy atom. The maximum atomic E-state index is 13.6. The number of fused-ring (bicyclic) bond motifs is 1. The van der Waals surface area contributed by atoms with Gasteiger partial charge >= 0.3 is 6.03 Å². The average molecular weight is 532 g/mol. The van der Waals surface area contributed by atoms with Gasteiger partial charge in [-0.1, -0.05) is 19.1 Å². The van der Waals surface area contributed by atoms with Gasteiger partial charge in [0.1, 0.15) is 17.5 Å². The van der Waals surface area contributed by atoms with E-state index in [9.17, 15) is 19.1 Å². The number of amides is 3. The van der Waals surface area contributed by atoms with Gasteiger partial charge in [0, 0.05) is 37.0 Å². The summed E-state index contributed by atoms with van der Waals surface area (Å²) in [6.45, 7) is 3.93. The highest BCUT2D eigenvalue weighted by molar-refractivity contribution is 5.98. The Morgan fingerprint density at radius 1 is 1.26 bits per heavy atom. The second kappa shape index (κ2) is 11.9. The second-order valence-corrected chi connectivity index (χ2v) is 9.71. The number of hydrogen-bond acceptors (Lipinski definition) is 6. The Kier molecular flexibility index (Phi) is 8.42. The van der Waals surface area contributed by atoms with E-state index in [4.69, 9.17) is 10.00 Å². The van der Waals surface area contributed by atoms with Gasteiger partial charge in [0.25, 0.3) is 5.91 Å². The molecule has 0 saturated carbocycles. The van der Waals surface area contributed by atoms with Gasteiger partial charge in [0.2, 0.25) is 5.88 Å². The zero-order valence-electron chi connectivity index (χ0n) is 22.0. The number of aliphatic hydroxyl groups is 1. The van der Waals surface area contributed by atoms with Crippen LogP contribution in [-0.2, 0) is 0 Å². The van der Waals surface area contributed by atoms with Crippen LogP contribution < -0.4 is 10.1 Å². The van der Waals surface area contributed by atoms with E-state index in [2.05, 4.69) is 16.4 Å². The van der Waals surface area contributed by atoms with Crippen molar-refractivity contribution < 1.29 is 23.8 Å². The minimum Gasteiger partial charge on any atom is -0.472 e. The van der Waals surface area contributed by atoms with E-state index in [1.807, 2.05) is 6.92 Å². The first kappa shape index (κ1) is 27.5. The fraction of sp³-hybridized carbons (Fsp3) is 0.310. The van der Waals surface area contributed by atoms with Crippen LogP contribution in [0.1, 0.15) is 29.8 Å². The van der Waals surface area contributed by atoms with Crippen LogP contribution in [-0.4, -0.2) is 70.7 Å². The highest BCUT2D eigenvalue weighted by Gasteiger charge is 2.34. The molecule has 3 atom stereocenters. The second-order valence-electron chi connectivity index (χ2n) is 9.71. The first-order valence-electron chi connectivity index (χ1n) is 12.6. The molecule has 0 aliphatic carbocycles. The van der Waals surface area contributed by atoms with Crippen LogP contribution in [0.25, 0.3) is 11.1 Å². The number of nitrogens with zero attached hydrogens (tertiary/aromatic N) is 4. The molecule has 9 nitrogen and oxygen atoms in total. The standard InChI is InChI=1S/C29H30FN5O4/c1-18-15-35(19(2)17-36)28(37)25-12-22(21-6-4-20(13-31)5-7-21)14-32-27(25)39-26(18)16-34(3)29(38)33-24-10-8-23(30)9-11-24/h4-12,14,18-19,26,36H,15-17H2,1-3H3,(H,33,38)/t18-,19+,26+/m1/s1. The molecular weight excluding hydrogens is 501 g/mol. The summed E-state index contributed by atoms with van der Waals surface area (Å²) in [7, 11) is 1.62. The van der Waals surface area contributed by atoms with Gasteiger partial charge in [0.15, 0.2) is 0 Å². The molecule has 1 aliphatic heterocycles. The Hall–Kier alpha value is -4.49. The molecule has 2 aromatic carbocycles. The van der Waals surface area contributed by atoms with E-state index in [1.54, 1.807) is 55.4 Å². The van der Waals surface area contributed by atoms with E-state index in [1.165, 1.54) is 29.2 Å². The lowest BCUT2D eigenvalue weighted by atomic mass is 9.99. The number of pyridine rings is 1. The number of anilines is 1. The number of halogens is 1. The first-order chi connectivity index (χ1) is 18.7. The van der Waals surface area contributed by atoms with Crippen molar-refractivity contribution in [2.24, 2.45) is 5.92 Å². The van der Waals surface area contributed by atoms with E-state index < -0.39 is 24.0 Å². The number of ether oxygens (including phenoxy) is 1. The predicted octanol–water partition coefficient (Wildman–Crippen LogP) is 4.14. The molecule has 4 rings (SSSR count). The van der Waals surface area contributed by atoms with Crippen molar-refractivity contribution in [1.82, 2.24) is 14.8 Å². The maximum absolute atomic E-state index is 13.6. The van der Waals surface area contributed by atoms with Crippen LogP contribution in [0.3, 0.4) is 0 Å². The highest BCUT2D eigenvalue weighted by Crippen LogP contribution is 2.30. The zero-order valence-corrected chi connectivity index (χ0v) is 22.0. The van der Waals surface area contributed by atoms with Crippen molar-refractivity contribution in [3.63, 3.8) is 0 Å². The number of aliphatic hydroxyl groups excluding tert-OH is 1. The molecule has 0 saturated heterocycles. The summed E-state index contributed by atoms with van der Waals surface area (Å²) in [5.41, 5.74) is 2.67. The summed E-state index contributed by atoms with van der Waals surface area (Å²) in [4.78, 5) is 34.0. The quantitative estimate of drug-likeness (QED) is 0.494. The normalized spacial score (nSPS) is 17.6. The van der Waals surface area contributed by atoms with Gasteiger partial charge in [0.05, 0.1) is 30.8 Å². The number of carbonyl (C=O) groups excluding carboxylic acids is 2. The minimum atomic E-state index is -0.525. The van der Waals surface area contributed by atoms with Crippen molar-refractivity contribution in [3.8, 4) is 23.1 Å². The fourth-order valence-corrected chi connectivity index (χ4v) is 4.32. The van der Waals surface area contributed by atoms with Crippen LogP contribution in [0, 0.1) is 23.1 Å². The van der Waals surface area contributed by atoms with Gasteiger partial charge in [-0.3, -0.25) is 4.79 Å². The summed E-state index contributed by atoms with van der Waals surface area (Å²) in [6, 6.07) is 15.3. The van der Waals surface area contributed by atoms with Crippen LogP contribution in [0.15, 0.2) is 60.8 Å². The maximum Gasteiger partial charge on any atom is 0.321 e. The predicted molar refractivity (Wildman–Crippen MR) is 144 cm³/mol. The smallest absolute Gasteiger partial charge is 0.321 e. The third kappa shape index (κ3) is 6.33. The fourth-order valence-electron chi connectivity index (χ4n) is 4.32.